The Kier molecular flexibility index (Phi) is 3.93. The van der Waals surface area contributed by atoms with E-state index in [-0.39, 0.29) is 24.4 Å². The van der Waals surface area contributed by atoms with E-state index in [9.17, 15) is 9.59 Å². The molecule has 1 amide bonds. The van der Waals surface area contributed by atoms with Crippen LogP contribution in [0.5, 0.6) is 0 Å². The molecule has 98 valence electrons. The minimum Gasteiger partial charge on any atom is -0.469 e. The van der Waals surface area contributed by atoms with E-state index >= 15 is 0 Å². The number of hydrogen-bond acceptors (Lipinski definition) is 5. The maximum Gasteiger partial charge on any atom is 0.308 e. The maximum atomic E-state index is 12.0. The number of aromatic nitrogens is 2. The van der Waals surface area contributed by atoms with E-state index in [0.717, 1.165) is 0 Å². The number of hydrogen-bond donors (Lipinski definition) is 1. The average molecular weight is 253 g/mol. The molecular weight excluding hydrogens is 238 g/mol. The second-order valence-corrected chi connectivity index (χ2v) is 3.99. The third kappa shape index (κ3) is 2.86. The summed E-state index contributed by atoms with van der Waals surface area (Å²) in [6, 6.07) is 0. The molecule has 18 heavy (non-hydrogen) atoms. The molecular formula is C11H15N3O4. The molecule has 0 spiro atoms. The highest BCUT2D eigenvalue weighted by Crippen LogP contribution is 2.11. The molecule has 7 heteroatoms. The number of esters is 1. The lowest BCUT2D eigenvalue weighted by molar-refractivity contribution is -0.145. The standard InChI is InChI=1S/C11H15N3O4/c1-17-10(15)4-8-6-14(2-3-18-8)11(16)9-5-12-7-13-9/h5,7-8H,2-4,6H2,1H3,(H,12,13). The van der Waals surface area contributed by atoms with Crippen molar-refractivity contribution in [2.75, 3.05) is 26.8 Å². The molecule has 0 radical (unpaired) electrons. The second-order valence-electron chi connectivity index (χ2n) is 3.99. The van der Waals surface area contributed by atoms with Crippen LogP contribution in [0, 0.1) is 0 Å². The first-order chi connectivity index (χ1) is 8.70. The zero-order chi connectivity index (χ0) is 13.0. The van der Waals surface area contributed by atoms with Crippen molar-refractivity contribution in [3.63, 3.8) is 0 Å². The molecule has 0 aliphatic carbocycles. The van der Waals surface area contributed by atoms with Gasteiger partial charge in [0.2, 0.25) is 0 Å². The van der Waals surface area contributed by atoms with Crippen LogP contribution < -0.4 is 0 Å². The summed E-state index contributed by atoms with van der Waals surface area (Å²) in [6.07, 6.45) is 2.79. The highest BCUT2D eigenvalue weighted by molar-refractivity contribution is 5.92. The number of imidazole rings is 1. The summed E-state index contributed by atoms with van der Waals surface area (Å²) >= 11 is 0. The molecule has 1 aromatic heterocycles. The molecule has 0 aromatic carbocycles. The first kappa shape index (κ1) is 12.6. The fourth-order valence-electron chi connectivity index (χ4n) is 1.84. The summed E-state index contributed by atoms with van der Waals surface area (Å²) in [7, 11) is 1.33. The summed E-state index contributed by atoms with van der Waals surface area (Å²) in [5.74, 6) is -0.471. The molecule has 0 bridgehead atoms. The Labute approximate surface area is 104 Å². The predicted molar refractivity (Wildman–Crippen MR) is 60.9 cm³/mol. The minimum absolute atomic E-state index is 0.134. The maximum absolute atomic E-state index is 12.0. The van der Waals surface area contributed by atoms with Crippen LogP contribution in [0.4, 0.5) is 0 Å². The van der Waals surface area contributed by atoms with Crippen LogP contribution in [0.15, 0.2) is 12.5 Å². The van der Waals surface area contributed by atoms with E-state index in [1.165, 1.54) is 19.6 Å². The highest BCUT2D eigenvalue weighted by atomic mass is 16.5. The molecule has 1 atom stereocenters. The third-order valence-corrected chi connectivity index (χ3v) is 2.78. The molecule has 2 heterocycles. The van der Waals surface area contributed by atoms with Gasteiger partial charge < -0.3 is 19.4 Å². The molecule has 1 aliphatic heterocycles. The topological polar surface area (TPSA) is 84.5 Å². The lowest BCUT2D eigenvalue weighted by Gasteiger charge is -2.32. The lowest BCUT2D eigenvalue weighted by Crippen LogP contribution is -2.46. The summed E-state index contributed by atoms with van der Waals surface area (Å²) in [5, 5.41) is 0. The van der Waals surface area contributed by atoms with E-state index in [0.29, 0.717) is 25.4 Å². The van der Waals surface area contributed by atoms with Gasteiger partial charge in [0.05, 0.1) is 38.8 Å². The predicted octanol–water partition coefficient (Wildman–Crippen LogP) is -0.186. The number of nitrogens with zero attached hydrogens (tertiary/aromatic N) is 2. The van der Waals surface area contributed by atoms with Crippen molar-refractivity contribution in [2.24, 2.45) is 0 Å². The molecule has 1 fully saturated rings. The average Bonchev–Trinajstić information content (AvgIpc) is 2.92. The van der Waals surface area contributed by atoms with Gasteiger partial charge in [-0.05, 0) is 0 Å². The Morgan fingerprint density at radius 3 is 3.17 bits per heavy atom. The minimum atomic E-state index is -0.337. The summed E-state index contributed by atoms with van der Waals surface area (Å²) in [4.78, 5) is 31.4. The Morgan fingerprint density at radius 1 is 1.67 bits per heavy atom. The van der Waals surface area contributed by atoms with Crippen molar-refractivity contribution >= 4 is 11.9 Å². The normalized spacial score (nSPS) is 19.6. The van der Waals surface area contributed by atoms with Crippen molar-refractivity contribution in [3.8, 4) is 0 Å². The van der Waals surface area contributed by atoms with Crippen LogP contribution in [0.25, 0.3) is 0 Å². The van der Waals surface area contributed by atoms with E-state index in [1.807, 2.05) is 0 Å². The largest absolute Gasteiger partial charge is 0.469 e. The third-order valence-electron chi connectivity index (χ3n) is 2.78. The smallest absolute Gasteiger partial charge is 0.308 e. The van der Waals surface area contributed by atoms with E-state index in [2.05, 4.69) is 14.7 Å². The second kappa shape index (κ2) is 5.63. The van der Waals surface area contributed by atoms with Gasteiger partial charge in [-0.25, -0.2) is 4.98 Å². The van der Waals surface area contributed by atoms with Crippen LogP contribution in [0.1, 0.15) is 16.9 Å². The fourth-order valence-corrected chi connectivity index (χ4v) is 1.84. The van der Waals surface area contributed by atoms with Crippen LogP contribution in [-0.4, -0.2) is 59.7 Å². The Balaban J connectivity index is 1.94. The van der Waals surface area contributed by atoms with Gasteiger partial charge in [0.1, 0.15) is 5.69 Å². The quantitative estimate of drug-likeness (QED) is 0.755. The fraction of sp³-hybridized carbons (Fsp3) is 0.545. The number of morpholine rings is 1. The number of H-pyrrole nitrogens is 1. The number of amides is 1. The van der Waals surface area contributed by atoms with Gasteiger partial charge >= 0.3 is 5.97 Å². The molecule has 1 N–H and O–H groups in total. The van der Waals surface area contributed by atoms with Gasteiger partial charge in [0.25, 0.3) is 5.91 Å². The number of methoxy groups -OCH3 is 1. The molecule has 7 nitrogen and oxygen atoms in total. The van der Waals surface area contributed by atoms with Crippen LogP contribution in [-0.2, 0) is 14.3 Å². The number of carbonyl (C=O) groups excluding carboxylic acids is 2. The Hall–Kier alpha value is -1.89. The van der Waals surface area contributed by atoms with Crippen molar-refractivity contribution in [3.05, 3.63) is 18.2 Å². The molecule has 0 saturated carbocycles. The summed E-state index contributed by atoms with van der Waals surface area (Å²) in [5.41, 5.74) is 0.439. The monoisotopic (exact) mass is 253 g/mol. The first-order valence-electron chi connectivity index (χ1n) is 5.66. The molecule has 1 saturated heterocycles. The van der Waals surface area contributed by atoms with Crippen LogP contribution in [0.3, 0.4) is 0 Å². The van der Waals surface area contributed by atoms with Crippen molar-refractivity contribution < 1.29 is 19.1 Å². The molecule has 1 unspecified atom stereocenters. The van der Waals surface area contributed by atoms with E-state index in [1.54, 1.807) is 4.90 Å². The number of aromatic amines is 1. The van der Waals surface area contributed by atoms with Crippen molar-refractivity contribution in [1.82, 2.24) is 14.9 Å². The number of ether oxygens (including phenoxy) is 2. The van der Waals surface area contributed by atoms with Gasteiger partial charge in [-0.3, -0.25) is 9.59 Å². The van der Waals surface area contributed by atoms with Crippen molar-refractivity contribution in [2.45, 2.75) is 12.5 Å². The zero-order valence-electron chi connectivity index (χ0n) is 10.1. The Morgan fingerprint density at radius 2 is 2.50 bits per heavy atom. The summed E-state index contributed by atoms with van der Waals surface area (Å²) < 4.78 is 10.0. The van der Waals surface area contributed by atoms with Crippen LogP contribution >= 0.6 is 0 Å². The number of nitrogens with one attached hydrogen (secondary N) is 1. The Bertz CT molecular complexity index is 418. The van der Waals surface area contributed by atoms with Gasteiger partial charge in [-0.1, -0.05) is 0 Å². The zero-order valence-corrected chi connectivity index (χ0v) is 10.1. The lowest BCUT2D eigenvalue weighted by atomic mass is 10.2. The van der Waals surface area contributed by atoms with E-state index < -0.39 is 0 Å². The van der Waals surface area contributed by atoms with E-state index in [4.69, 9.17) is 4.74 Å². The number of rotatable bonds is 3. The number of carbonyl (C=O) groups is 2. The van der Waals surface area contributed by atoms with Gasteiger partial charge in [-0.15, -0.1) is 0 Å². The first-order valence-corrected chi connectivity index (χ1v) is 5.66. The van der Waals surface area contributed by atoms with Gasteiger partial charge in [-0.2, -0.15) is 0 Å². The summed E-state index contributed by atoms with van der Waals surface area (Å²) in [6.45, 7) is 1.31. The SMILES string of the molecule is COC(=O)CC1CN(C(=O)c2cnc[nH]2)CCO1. The highest BCUT2D eigenvalue weighted by Gasteiger charge is 2.27. The van der Waals surface area contributed by atoms with Crippen molar-refractivity contribution in [1.29, 1.82) is 0 Å². The molecule has 2 rings (SSSR count). The molecule has 1 aliphatic rings. The van der Waals surface area contributed by atoms with Gasteiger partial charge in [0.15, 0.2) is 0 Å². The van der Waals surface area contributed by atoms with Gasteiger partial charge in [0, 0.05) is 13.1 Å². The molecule has 1 aromatic rings. The van der Waals surface area contributed by atoms with Crippen LogP contribution in [0.2, 0.25) is 0 Å².